The maximum atomic E-state index is 12.8. The van der Waals surface area contributed by atoms with E-state index >= 15 is 0 Å². The summed E-state index contributed by atoms with van der Waals surface area (Å²) < 4.78 is 6.02. The van der Waals surface area contributed by atoms with Crippen LogP contribution in [0, 0.1) is 0 Å². The third kappa shape index (κ3) is 4.39. The van der Waals surface area contributed by atoms with Crippen LogP contribution in [-0.2, 0) is 17.8 Å². The van der Waals surface area contributed by atoms with Gasteiger partial charge in [0.05, 0.1) is 6.10 Å². The molecule has 5 heteroatoms. The van der Waals surface area contributed by atoms with Crippen LogP contribution in [0.1, 0.15) is 35.3 Å². The molecule has 30 heavy (non-hydrogen) atoms. The summed E-state index contributed by atoms with van der Waals surface area (Å²) in [6.07, 6.45) is -0.115. The molecule has 0 saturated heterocycles. The smallest absolute Gasteiger partial charge is 0.296 e. The molecule has 0 N–H and O–H groups in total. The number of amidine groups is 1. The molecule has 0 saturated carbocycles. The first-order valence-electron chi connectivity index (χ1n) is 9.97. The Bertz CT molecular complexity index is 1040. The van der Waals surface area contributed by atoms with E-state index < -0.39 is 0 Å². The van der Waals surface area contributed by atoms with Crippen molar-refractivity contribution in [3.8, 4) is 11.1 Å². The van der Waals surface area contributed by atoms with Crippen molar-refractivity contribution in [2.75, 3.05) is 0 Å². The average Bonchev–Trinajstić information content (AvgIpc) is 2.90. The van der Waals surface area contributed by atoms with Gasteiger partial charge in [-0.1, -0.05) is 60.1 Å². The van der Waals surface area contributed by atoms with Crippen molar-refractivity contribution in [1.29, 1.82) is 0 Å². The summed E-state index contributed by atoms with van der Waals surface area (Å²) in [7, 11) is 0. The van der Waals surface area contributed by atoms with Crippen LogP contribution in [0.25, 0.3) is 11.1 Å². The van der Waals surface area contributed by atoms with Gasteiger partial charge in [-0.2, -0.15) is 4.99 Å². The number of hydrogen-bond acceptors (Lipinski definition) is 2. The Kier molecular flexibility index (Phi) is 5.86. The van der Waals surface area contributed by atoms with E-state index in [-0.39, 0.29) is 12.0 Å². The number of fused-ring (bicyclic) bond motifs is 3. The van der Waals surface area contributed by atoms with Gasteiger partial charge in [-0.3, -0.25) is 4.79 Å². The summed E-state index contributed by atoms with van der Waals surface area (Å²) in [5, 5.41) is 0.579. The van der Waals surface area contributed by atoms with Crippen molar-refractivity contribution in [1.82, 2.24) is 4.90 Å². The van der Waals surface area contributed by atoms with E-state index in [4.69, 9.17) is 16.3 Å². The minimum Gasteiger partial charge on any atom is -0.462 e. The average molecular weight is 419 g/mol. The second-order valence-electron chi connectivity index (χ2n) is 7.54. The van der Waals surface area contributed by atoms with Crippen molar-refractivity contribution in [3.05, 3.63) is 94.5 Å². The van der Waals surface area contributed by atoms with Crippen LogP contribution in [-0.4, -0.2) is 22.9 Å². The fourth-order valence-electron chi connectivity index (χ4n) is 3.57. The monoisotopic (exact) mass is 418 g/mol. The lowest BCUT2D eigenvalue weighted by Gasteiger charge is -2.26. The lowest BCUT2D eigenvalue weighted by Crippen LogP contribution is -2.34. The summed E-state index contributed by atoms with van der Waals surface area (Å²) in [5.74, 6) is -0.354. The maximum absolute atomic E-state index is 12.8. The van der Waals surface area contributed by atoms with Crippen LogP contribution < -0.4 is 0 Å². The number of benzene rings is 3. The number of hydrogen-bond donors (Lipinski definition) is 0. The number of carbonyl (C=O) groups excluding carboxylic acids is 1. The van der Waals surface area contributed by atoms with Gasteiger partial charge >= 0.3 is 0 Å². The molecule has 0 fully saturated rings. The molecule has 1 amide bonds. The highest BCUT2D eigenvalue weighted by atomic mass is 35.5. The second-order valence-corrected chi connectivity index (χ2v) is 7.98. The fraction of sp³-hybridized carbons (Fsp3) is 0.200. The van der Waals surface area contributed by atoms with Crippen molar-refractivity contribution >= 4 is 23.5 Å². The third-order valence-corrected chi connectivity index (χ3v) is 5.20. The molecule has 1 aliphatic rings. The molecule has 4 rings (SSSR count). The van der Waals surface area contributed by atoms with E-state index in [0.717, 1.165) is 0 Å². The van der Waals surface area contributed by atoms with Crippen LogP contribution in [0.5, 0.6) is 0 Å². The number of ether oxygens (including phenoxy) is 1. The van der Waals surface area contributed by atoms with E-state index in [9.17, 15) is 4.79 Å². The van der Waals surface area contributed by atoms with Gasteiger partial charge in [-0.15, -0.1) is 0 Å². The number of carbonyl (C=O) groups is 1. The first-order valence-corrected chi connectivity index (χ1v) is 10.4. The maximum Gasteiger partial charge on any atom is 0.296 e. The van der Waals surface area contributed by atoms with Crippen LogP contribution >= 0.6 is 11.6 Å². The third-order valence-electron chi connectivity index (χ3n) is 4.95. The Hall–Kier alpha value is -3.11. The Morgan fingerprint density at radius 1 is 0.900 bits per heavy atom. The number of amides is 1. The highest BCUT2D eigenvalue weighted by molar-refractivity contribution is 6.30. The molecule has 0 spiro atoms. The summed E-state index contributed by atoms with van der Waals surface area (Å²) in [6.45, 7) is 5.07. The number of rotatable bonds is 2. The largest absolute Gasteiger partial charge is 0.462 e. The van der Waals surface area contributed by atoms with Gasteiger partial charge in [0.15, 0.2) is 0 Å². The molecule has 0 bridgehead atoms. The van der Waals surface area contributed by atoms with Gasteiger partial charge in [-0.25, -0.2) is 0 Å². The number of nitrogens with zero attached hydrogens (tertiary/aromatic N) is 2. The van der Waals surface area contributed by atoms with Crippen LogP contribution in [0.2, 0.25) is 5.02 Å². The van der Waals surface area contributed by atoms with Crippen molar-refractivity contribution in [3.63, 3.8) is 0 Å². The zero-order valence-corrected chi connectivity index (χ0v) is 17.8. The van der Waals surface area contributed by atoms with Gasteiger partial charge in [-0.05, 0) is 60.4 Å². The van der Waals surface area contributed by atoms with Crippen molar-refractivity contribution in [2.45, 2.75) is 33.0 Å². The fourth-order valence-corrected chi connectivity index (χ4v) is 3.70. The predicted molar refractivity (Wildman–Crippen MR) is 121 cm³/mol. The van der Waals surface area contributed by atoms with E-state index in [1.165, 1.54) is 22.3 Å². The minimum atomic E-state index is -0.354. The zero-order valence-electron chi connectivity index (χ0n) is 17.0. The van der Waals surface area contributed by atoms with Gasteiger partial charge < -0.3 is 9.64 Å². The first kappa shape index (κ1) is 20.2. The van der Waals surface area contributed by atoms with Gasteiger partial charge in [0.25, 0.3) is 11.9 Å². The van der Waals surface area contributed by atoms with Gasteiger partial charge in [0.1, 0.15) is 0 Å². The highest BCUT2D eigenvalue weighted by Gasteiger charge is 2.24. The Morgan fingerprint density at radius 3 is 1.97 bits per heavy atom. The molecule has 1 heterocycles. The summed E-state index contributed by atoms with van der Waals surface area (Å²) >= 11 is 5.95. The molecule has 0 radical (unpaired) electrons. The Labute approximate surface area is 181 Å². The summed E-state index contributed by atoms with van der Waals surface area (Å²) in [5.41, 5.74) is 5.20. The lowest BCUT2D eigenvalue weighted by atomic mass is 9.97. The van der Waals surface area contributed by atoms with Gasteiger partial charge in [0, 0.05) is 23.7 Å². The zero-order chi connectivity index (χ0) is 21.1. The molecular formula is C25H23ClN2O2. The van der Waals surface area contributed by atoms with Crippen LogP contribution in [0.15, 0.2) is 77.8 Å². The highest BCUT2D eigenvalue weighted by Crippen LogP contribution is 2.32. The second kappa shape index (κ2) is 8.72. The molecule has 4 nitrogen and oxygen atoms in total. The topological polar surface area (TPSA) is 41.9 Å². The summed E-state index contributed by atoms with van der Waals surface area (Å²) in [4.78, 5) is 19.2. The molecule has 0 aromatic heterocycles. The molecule has 3 aromatic rings. The number of aliphatic imine (C=N–C) groups is 1. The van der Waals surface area contributed by atoms with Crippen molar-refractivity contribution in [2.24, 2.45) is 4.99 Å². The SMILES string of the molecule is CC(C)OC(=NC(=O)c1ccc(Cl)cc1)N1Cc2ccccc2-c2ccccc2C1. The molecule has 152 valence electrons. The quantitative estimate of drug-likeness (QED) is 0.381. The van der Waals surface area contributed by atoms with E-state index in [0.29, 0.717) is 29.7 Å². The molecule has 3 aromatic carbocycles. The predicted octanol–water partition coefficient (Wildman–Crippen LogP) is 5.94. The molecule has 0 unspecified atom stereocenters. The van der Waals surface area contributed by atoms with Crippen LogP contribution in [0.3, 0.4) is 0 Å². The molecule has 0 aliphatic carbocycles. The van der Waals surface area contributed by atoms with Crippen LogP contribution in [0.4, 0.5) is 0 Å². The van der Waals surface area contributed by atoms with Gasteiger partial charge in [0.2, 0.25) is 0 Å². The normalized spacial score (nSPS) is 13.5. The molecule has 1 aliphatic heterocycles. The molecule has 0 atom stereocenters. The Balaban J connectivity index is 1.74. The number of halogens is 1. The van der Waals surface area contributed by atoms with Crippen molar-refractivity contribution < 1.29 is 9.53 Å². The standard InChI is InChI=1S/C25H23ClN2O2/c1-17(2)30-25(27-24(29)18-11-13-21(26)14-12-18)28-15-19-7-3-5-9-22(19)23-10-6-4-8-20(23)16-28/h3-14,17H,15-16H2,1-2H3. The summed E-state index contributed by atoms with van der Waals surface area (Å²) in [6, 6.07) is 23.7. The first-order chi connectivity index (χ1) is 14.5. The minimum absolute atomic E-state index is 0.115. The van der Waals surface area contributed by atoms with E-state index in [1.807, 2.05) is 30.9 Å². The lowest BCUT2D eigenvalue weighted by molar-refractivity contribution is 0.0987. The molecular weight excluding hydrogens is 396 g/mol. The van der Waals surface area contributed by atoms with E-state index in [1.54, 1.807) is 24.3 Å². The Morgan fingerprint density at radius 2 is 1.43 bits per heavy atom. The van der Waals surface area contributed by atoms with E-state index in [2.05, 4.69) is 41.4 Å².